The van der Waals surface area contributed by atoms with Crippen LogP contribution in [0.25, 0.3) is 0 Å². The Bertz CT molecular complexity index is 1060. The monoisotopic (exact) mass is 427 g/mol. The zero-order chi connectivity index (χ0) is 21.4. The van der Waals surface area contributed by atoms with Gasteiger partial charge in [0.15, 0.2) is 0 Å². The molecule has 2 aromatic carbocycles. The first-order valence-corrected chi connectivity index (χ1v) is 10.1. The van der Waals surface area contributed by atoms with Crippen LogP contribution in [0, 0.1) is 17.1 Å². The molecule has 1 fully saturated rings. The highest BCUT2D eigenvalue weighted by molar-refractivity contribution is 7.89. The number of halogens is 4. The molecular formula is C19H17F4N3O2S. The van der Waals surface area contributed by atoms with Crippen molar-refractivity contribution in [3.05, 3.63) is 59.4 Å². The summed E-state index contributed by atoms with van der Waals surface area (Å²) < 4.78 is 80.7. The van der Waals surface area contributed by atoms with E-state index in [1.807, 2.05) is 0 Å². The van der Waals surface area contributed by atoms with Crippen LogP contribution in [-0.4, -0.2) is 38.4 Å². The van der Waals surface area contributed by atoms with E-state index in [4.69, 9.17) is 5.26 Å². The van der Waals surface area contributed by atoms with Crippen LogP contribution in [0.5, 0.6) is 0 Å². The van der Waals surface area contributed by atoms with Crippen molar-refractivity contribution in [2.24, 2.45) is 0 Å². The highest BCUT2D eigenvalue weighted by Gasteiger charge is 2.39. The molecule has 1 aliphatic rings. The standard InChI is InChI=1S/C19H17F4N3O2S/c1-13-12-25(18-6-5-14(11-24)9-17(18)19(21,22)23)7-8-26(13)29(27,28)16-4-2-3-15(20)10-16/h2-6,9-10,13H,7-8,12H2,1H3/t13-/m1/s1. The third-order valence-corrected chi connectivity index (χ3v) is 6.75. The molecule has 0 saturated carbocycles. The smallest absolute Gasteiger partial charge is 0.368 e. The third kappa shape index (κ3) is 4.21. The van der Waals surface area contributed by atoms with Crippen LogP contribution in [0.4, 0.5) is 23.2 Å². The van der Waals surface area contributed by atoms with Gasteiger partial charge < -0.3 is 4.90 Å². The molecule has 3 rings (SSSR count). The summed E-state index contributed by atoms with van der Waals surface area (Å²) in [6.45, 7) is 1.56. The molecule has 0 spiro atoms. The number of anilines is 1. The molecular weight excluding hydrogens is 410 g/mol. The summed E-state index contributed by atoms with van der Waals surface area (Å²) in [6.07, 6.45) is -4.66. The molecule has 29 heavy (non-hydrogen) atoms. The summed E-state index contributed by atoms with van der Waals surface area (Å²) in [5.41, 5.74) is -1.15. The third-order valence-electron chi connectivity index (χ3n) is 4.74. The lowest BCUT2D eigenvalue weighted by atomic mass is 10.1. The van der Waals surface area contributed by atoms with Crippen LogP contribution in [0.2, 0.25) is 0 Å². The molecule has 0 bridgehead atoms. The molecule has 0 aliphatic carbocycles. The molecule has 0 N–H and O–H groups in total. The Kier molecular flexibility index (Phi) is 5.56. The molecule has 1 atom stereocenters. The quantitative estimate of drug-likeness (QED) is 0.702. The molecule has 0 radical (unpaired) electrons. The fourth-order valence-corrected chi connectivity index (χ4v) is 5.03. The van der Waals surface area contributed by atoms with Gasteiger partial charge in [-0.25, -0.2) is 12.8 Å². The maximum absolute atomic E-state index is 13.5. The van der Waals surface area contributed by atoms with E-state index in [1.165, 1.54) is 29.2 Å². The molecule has 5 nitrogen and oxygen atoms in total. The topological polar surface area (TPSA) is 64.4 Å². The van der Waals surface area contributed by atoms with Crippen molar-refractivity contribution >= 4 is 15.7 Å². The number of piperazine rings is 1. The van der Waals surface area contributed by atoms with E-state index in [1.54, 1.807) is 13.0 Å². The van der Waals surface area contributed by atoms with Crippen LogP contribution in [0.3, 0.4) is 0 Å². The average molecular weight is 427 g/mol. The Morgan fingerprint density at radius 2 is 1.86 bits per heavy atom. The lowest BCUT2D eigenvalue weighted by Gasteiger charge is -2.40. The van der Waals surface area contributed by atoms with Gasteiger partial charge in [-0.15, -0.1) is 0 Å². The van der Waals surface area contributed by atoms with E-state index in [0.717, 1.165) is 22.5 Å². The summed E-state index contributed by atoms with van der Waals surface area (Å²) in [7, 11) is -3.99. The van der Waals surface area contributed by atoms with Gasteiger partial charge in [0.1, 0.15) is 5.82 Å². The second-order valence-electron chi connectivity index (χ2n) is 6.71. The van der Waals surface area contributed by atoms with E-state index in [9.17, 15) is 26.0 Å². The van der Waals surface area contributed by atoms with Gasteiger partial charge in [0.2, 0.25) is 10.0 Å². The predicted octanol–water partition coefficient (Wildman–Crippen LogP) is 3.62. The lowest BCUT2D eigenvalue weighted by molar-refractivity contribution is -0.137. The van der Waals surface area contributed by atoms with Gasteiger partial charge in [0.25, 0.3) is 0 Å². The van der Waals surface area contributed by atoms with Crippen molar-refractivity contribution in [1.82, 2.24) is 4.31 Å². The van der Waals surface area contributed by atoms with Gasteiger partial charge in [0, 0.05) is 31.4 Å². The Morgan fingerprint density at radius 3 is 2.45 bits per heavy atom. The highest BCUT2D eigenvalue weighted by Crippen LogP contribution is 2.38. The summed E-state index contributed by atoms with van der Waals surface area (Å²) in [5, 5.41) is 8.89. The number of nitriles is 1. The average Bonchev–Trinajstić information content (AvgIpc) is 2.66. The van der Waals surface area contributed by atoms with Crippen molar-refractivity contribution in [2.45, 2.75) is 24.0 Å². The maximum Gasteiger partial charge on any atom is 0.418 e. The molecule has 1 aliphatic heterocycles. The molecule has 2 aromatic rings. The van der Waals surface area contributed by atoms with E-state index in [0.29, 0.717) is 0 Å². The zero-order valence-electron chi connectivity index (χ0n) is 15.3. The molecule has 1 saturated heterocycles. The molecule has 0 unspecified atom stereocenters. The number of alkyl halides is 3. The zero-order valence-corrected chi connectivity index (χ0v) is 16.1. The Morgan fingerprint density at radius 1 is 1.14 bits per heavy atom. The van der Waals surface area contributed by atoms with Crippen molar-refractivity contribution in [2.75, 3.05) is 24.5 Å². The summed E-state index contributed by atoms with van der Waals surface area (Å²) in [5.74, 6) is -0.690. The minimum Gasteiger partial charge on any atom is -0.368 e. The summed E-state index contributed by atoms with van der Waals surface area (Å²) in [4.78, 5) is 1.25. The first-order chi connectivity index (χ1) is 13.5. The fraction of sp³-hybridized carbons (Fsp3) is 0.316. The second kappa shape index (κ2) is 7.65. The normalized spacial score (nSPS) is 18.5. The second-order valence-corrected chi connectivity index (χ2v) is 8.60. The van der Waals surface area contributed by atoms with Gasteiger partial charge in [-0.2, -0.15) is 22.7 Å². The van der Waals surface area contributed by atoms with Crippen LogP contribution in [0.1, 0.15) is 18.1 Å². The van der Waals surface area contributed by atoms with Crippen LogP contribution >= 0.6 is 0 Å². The van der Waals surface area contributed by atoms with Crippen molar-refractivity contribution < 1.29 is 26.0 Å². The van der Waals surface area contributed by atoms with Gasteiger partial charge in [-0.05, 0) is 43.3 Å². The van der Waals surface area contributed by atoms with Crippen LogP contribution < -0.4 is 4.90 Å². The van der Waals surface area contributed by atoms with E-state index in [-0.39, 0.29) is 35.8 Å². The minimum atomic E-state index is -4.66. The van der Waals surface area contributed by atoms with Gasteiger partial charge in [-0.1, -0.05) is 6.07 Å². The largest absolute Gasteiger partial charge is 0.418 e. The van der Waals surface area contributed by atoms with Gasteiger partial charge in [-0.3, -0.25) is 0 Å². The van der Waals surface area contributed by atoms with E-state index >= 15 is 0 Å². The lowest BCUT2D eigenvalue weighted by Crippen LogP contribution is -2.54. The SMILES string of the molecule is C[C@@H]1CN(c2ccc(C#N)cc2C(F)(F)F)CCN1S(=O)(=O)c1cccc(F)c1. The van der Waals surface area contributed by atoms with Crippen molar-refractivity contribution in [3.8, 4) is 6.07 Å². The number of rotatable bonds is 3. The van der Waals surface area contributed by atoms with Gasteiger partial charge in [0.05, 0.1) is 22.1 Å². The molecule has 10 heteroatoms. The maximum atomic E-state index is 13.5. The first-order valence-electron chi connectivity index (χ1n) is 8.68. The number of benzene rings is 2. The van der Waals surface area contributed by atoms with Crippen molar-refractivity contribution in [3.63, 3.8) is 0 Å². The highest BCUT2D eigenvalue weighted by atomic mass is 32.2. The first kappa shape index (κ1) is 21.1. The van der Waals surface area contributed by atoms with E-state index in [2.05, 4.69) is 0 Å². The Hall–Kier alpha value is -2.64. The van der Waals surface area contributed by atoms with E-state index < -0.39 is 33.6 Å². The summed E-state index contributed by atoms with van der Waals surface area (Å²) >= 11 is 0. The number of hydrogen-bond acceptors (Lipinski definition) is 4. The minimum absolute atomic E-state index is 0.0174. The molecule has 154 valence electrons. The number of hydrogen-bond donors (Lipinski definition) is 0. The molecule has 0 amide bonds. The molecule has 1 heterocycles. The predicted molar refractivity (Wildman–Crippen MR) is 98.1 cm³/mol. The Labute approximate surface area is 165 Å². The number of nitrogens with zero attached hydrogens (tertiary/aromatic N) is 3. The van der Waals surface area contributed by atoms with Crippen LogP contribution in [0.15, 0.2) is 47.4 Å². The van der Waals surface area contributed by atoms with Crippen molar-refractivity contribution in [1.29, 1.82) is 5.26 Å². The Balaban J connectivity index is 1.89. The van der Waals surface area contributed by atoms with Gasteiger partial charge >= 0.3 is 6.18 Å². The summed E-state index contributed by atoms with van der Waals surface area (Å²) in [6, 6.07) is 8.97. The van der Waals surface area contributed by atoms with Crippen LogP contribution in [-0.2, 0) is 16.2 Å². The molecule has 0 aromatic heterocycles. The number of sulfonamides is 1. The fourth-order valence-electron chi connectivity index (χ4n) is 3.39.